The average molecular weight is 287 g/mol. The number of fused-ring (bicyclic) bond motifs is 1. The summed E-state index contributed by atoms with van der Waals surface area (Å²) in [6.45, 7) is 5.70. The molecule has 0 aromatic carbocycles. The zero-order chi connectivity index (χ0) is 14.8. The fraction of sp³-hybridized carbons (Fsp3) is 0.533. The molecule has 0 saturated heterocycles. The minimum atomic E-state index is 0.410. The van der Waals surface area contributed by atoms with E-state index in [1.807, 2.05) is 17.8 Å². The van der Waals surface area contributed by atoms with Crippen molar-refractivity contribution in [3.8, 4) is 5.75 Å². The van der Waals surface area contributed by atoms with Gasteiger partial charge in [0.25, 0.3) is 0 Å². The smallest absolute Gasteiger partial charge is 0.138 e. The number of pyridine rings is 1. The van der Waals surface area contributed by atoms with Gasteiger partial charge in [-0.2, -0.15) is 5.10 Å². The summed E-state index contributed by atoms with van der Waals surface area (Å²) in [5, 5.41) is 7.82. The zero-order valence-corrected chi connectivity index (χ0v) is 12.8. The average Bonchev–Trinajstić information content (AvgIpc) is 2.94. The molecule has 3 heterocycles. The minimum absolute atomic E-state index is 0.410. The maximum atomic E-state index is 5.45. The van der Waals surface area contributed by atoms with Gasteiger partial charge in [-0.1, -0.05) is 0 Å². The second kappa shape index (κ2) is 5.81. The van der Waals surface area contributed by atoms with Crippen LogP contribution in [0.15, 0.2) is 12.5 Å². The summed E-state index contributed by atoms with van der Waals surface area (Å²) in [7, 11) is 1.71. The van der Waals surface area contributed by atoms with Crippen LogP contribution in [0.25, 0.3) is 0 Å². The first-order valence-electron chi connectivity index (χ1n) is 7.28. The third-order valence-corrected chi connectivity index (χ3v) is 4.11. The van der Waals surface area contributed by atoms with E-state index in [4.69, 9.17) is 4.74 Å². The molecule has 1 aliphatic rings. The number of aryl methyl sites for hydroxylation is 2. The van der Waals surface area contributed by atoms with Crippen molar-refractivity contribution in [2.24, 2.45) is 0 Å². The predicted molar refractivity (Wildman–Crippen MR) is 79.2 cm³/mol. The van der Waals surface area contributed by atoms with Crippen molar-refractivity contribution in [1.29, 1.82) is 0 Å². The van der Waals surface area contributed by atoms with Crippen LogP contribution in [0.3, 0.4) is 0 Å². The molecule has 3 rings (SSSR count). The number of ether oxygens (including phenoxy) is 1. The predicted octanol–water partition coefficient (Wildman–Crippen LogP) is 1.40. The Morgan fingerprint density at radius 2 is 2.24 bits per heavy atom. The molecule has 21 heavy (non-hydrogen) atoms. The van der Waals surface area contributed by atoms with Gasteiger partial charge in [0.15, 0.2) is 0 Å². The summed E-state index contributed by atoms with van der Waals surface area (Å²) in [5.74, 6) is 2.02. The third-order valence-electron chi connectivity index (χ3n) is 4.11. The van der Waals surface area contributed by atoms with Crippen molar-refractivity contribution >= 4 is 0 Å². The lowest BCUT2D eigenvalue weighted by atomic mass is 10.1. The molecule has 0 fully saturated rings. The highest BCUT2D eigenvalue weighted by atomic mass is 16.5. The molecular weight excluding hydrogens is 266 g/mol. The number of hydrogen-bond acceptors (Lipinski definition) is 5. The van der Waals surface area contributed by atoms with Crippen LogP contribution < -0.4 is 10.1 Å². The minimum Gasteiger partial charge on any atom is -0.496 e. The Morgan fingerprint density at radius 1 is 1.38 bits per heavy atom. The summed E-state index contributed by atoms with van der Waals surface area (Å²) in [6.07, 6.45) is 5.57. The Bertz CT molecular complexity index is 637. The van der Waals surface area contributed by atoms with Gasteiger partial charge >= 0.3 is 0 Å². The highest BCUT2D eigenvalue weighted by molar-refractivity contribution is 5.41. The second-order valence-electron chi connectivity index (χ2n) is 5.52. The van der Waals surface area contributed by atoms with Crippen molar-refractivity contribution in [3.63, 3.8) is 0 Å². The molecule has 0 unspecified atom stereocenters. The quantitative estimate of drug-likeness (QED) is 0.921. The van der Waals surface area contributed by atoms with E-state index in [0.29, 0.717) is 6.04 Å². The van der Waals surface area contributed by atoms with Gasteiger partial charge in [-0.25, -0.2) is 9.67 Å². The number of aromatic nitrogens is 4. The zero-order valence-electron chi connectivity index (χ0n) is 12.8. The van der Waals surface area contributed by atoms with Gasteiger partial charge in [-0.05, 0) is 20.3 Å². The van der Waals surface area contributed by atoms with E-state index in [0.717, 1.165) is 54.3 Å². The number of rotatable bonds is 4. The number of nitrogens with one attached hydrogen (secondary N) is 1. The highest BCUT2D eigenvalue weighted by Gasteiger charge is 2.20. The van der Waals surface area contributed by atoms with E-state index in [1.54, 1.807) is 13.4 Å². The second-order valence-corrected chi connectivity index (χ2v) is 5.52. The first kappa shape index (κ1) is 14.0. The van der Waals surface area contributed by atoms with Crippen LogP contribution in [0.2, 0.25) is 0 Å². The summed E-state index contributed by atoms with van der Waals surface area (Å²) >= 11 is 0. The van der Waals surface area contributed by atoms with Crippen LogP contribution in [0.4, 0.5) is 0 Å². The Morgan fingerprint density at radius 3 is 3.05 bits per heavy atom. The molecule has 1 aliphatic heterocycles. The van der Waals surface area contributed by atoms with Gasteiger partial charge in [0, 0.05) is 36.3 Å². The molecule has 2 aromatic rings. The number of nitrogens with zero attached hydrogens (tertiary/aromatic N) is 4. The third kappa shape index (κ3) is 2.76. The van der Waals surface area contributed by atoms with Crippen molar-refractivity contribution in [3.05, 3.63) is 35.2 Å². The Kier molecular flexibility index (Phi) is 3.88. The largest absolute Gasteiger partial charge is 0.496 e. The molecule has 0 amide bonds. The fourth-order valence-electron chi connectivity index (χ4n) is 2.89. The van der Waals surface area contributed by atoms with Gasteiger partial charge < -0.3 is 10.1 Å². The first-order valence-corrected chi connectivity index (χ1v) is 7.28. The van der Waals surface area contributed by atoms with Crippen LogP contribution in [0.5, 0.6) is 5.75 Å². The highest BCUT2D eigenvalue weighted by Crippen LogP contribution is 2.24. The molecule has 1 atom stereocenters. The Balaban J connectivity index is 1.66. The molecule has 0 aliphatic carbocycles. The molecule has 1 N–H and O–H groups in total. The molecule has 0 spiro atoms. The van der Waals surface area contributed by atoms with Crippen molar-refractivity contribution in [2.45, 2.75) is 45.8 Å². The first-order chi connectivity index (χ1) is 10.2. The fourth-order valence-corrected chi connectivity index (χ4v) is 2.89. The van der Waals surface area contributed by atoms with Crippen LogP contribution in [-0.4, -0.2) is 32.9 Å². The van der Waals surface area contributed by atoms with Gasteiger partial charge in [0.05, 0.1) is 19.3 Å². The van der Waals surface area contributed by atoms with Crippen LogP contribution in [-0.2, 0) is 19.5 Å². The molecule has 0 radical (unpaired) electrons. The standard InChI is InChI=1S/C15H21N5O/c1-10-6-17-13(11(2)15(10)21-3)7-16-12-4-5-14-18-9-19-20(14)8-12/h6,9,12,16H,4-5,7-8H2,1-3H3/t12-/m0/s1. The van der Waals surface area contributed by atoms with Crippen molar-refractivity contribution in [1.82, 2.24) is 25.1 Å². The maximum absolute atomic E-state index is 5.45. The van der Waals surface area contributed by atoms with Gasteiger partial charge in [0.2, 0.25) is 0 Å². The molecule has 6 heteroatoms. The summed E-state index contributed by atoms with van der Waals surface area (Å²) < 4.78 is 7.44. The van der Waals surface area contributed by atoms with E-state index in [2.05, 4.69) is 27.3 Å². The van der Waals surface area contributed by atoms with E-state index < -0.39 is 0 Å². The summed E-state index contributed by atoms with van der Waals surface area (Å²) in [5.41, 5.74) is 3.23. The van der Waals surface area contributed by atoms with Crippen molar-refractivity contribution < 1.29 is 4.74 Å². The van der Waals surface area contributed by atoms with E-state index in [-0.39, 0.29) is 0 Å². The molecule has 0 saturated carbocycles. The number of methoxy groups -OCH3 is 1. The van der Waals surface area contributed by atoms with Gasteiger partial charge in [-0.15, -0.1) is 0 Å². The lowest BCUT2D eigenvalue weighted by molar-refractivity contribution is 0.355. The topological polar surface area (TPSA) is 64.9 Å². The molecule has 0 bridgehead atoms. The van der Waals surface area contributed by atoms with E-state index in [1.165, 1.54) is 0 Å². The monoisotopic (exact) mass is 287 g/mol. The van der Waals surface area contributed by atoms with Crippen molar-refractivity contribution in [2.75, 3.05) is 7.11 Å². The molecule has 6 nitrogen and oxygen atoms in total. The Hall–Kier alpha value is -1.95. The lowest BCUT2D eigenvalue weighted by Gasteiger charge is -2.24. The van der Waals surface area contributed by atoms with Crippen LogP contribution in [0.1, 0.15) is 29.1 Å². The van der Waals surface area contributed by atoms with E-state index in [9.17, 15) is 0 Å². The molecule has 2 aromatic heterocycles. The Labute approximate surface area is 124 Å². The van der Waals surface area contributed by atoms with E-state index >= 15 is 0 Å². The SMILES string of the molecule is COc1c(C)cnc(CN[C@H]2CCc3ncnn3C2)c1C. The van der Waals surface area contributed by atoms with Crippen LogP contribution in [0, 0.1) is 13.8 Å². The molecular formula is C15H21N5O. The summed E-state index contributed by atoms with van der Waals surface area (Å²) in [6, 6.07) is 0.410. The normalized spacial score (nSPS) is 17.6. The van der Waals surface area contributed by atoms with Gasteiger partial charge in [0.1, 0.15) is 17.9 Å². The maximum Gasteiger partial charge on any atom is 0.138 e. The number of hydrogen-bond donors (Lipinski definition) is 1. The summed E-state index contributed by atoms with van der Waals surface area (Å²) in [4.78, 5) is 8.78. The van der Waals surface area contributed by atoms with Gasteiger partial charge in [-0.3, -0.25) is 4.98 Å². The lowest BCUT2D eigenvalue weighted by Crippen LogP contribution is -2.37. The molecule has 112 valence electrons. The van der Waals surface area contributed by atoms with Crippen LogP contribution >= 0.6 is 0 Å².